The second-order valence-corrected chi connectivity index (χ2v) is 6.31. The van der Waals surface area contributed by atoms with E-state index in [9.17, 15) is 14.0 Å². The molecule has 0 saturated carbocycles. The SMILES string of the molecule is NC(=O)NCc1ccc(C(=O)Nc2cccc(OCc3ccc(F)cc3)c2)cc1. The highest BCUT2D eigenvalue weighted by atomic mass is 19.1. The fourth-order valence-electron chi connectivity index (χ4n) is 2.58. The van der Waals surface area contributed by atoms with Crippen molar-refractivity contribution in [3.8, 4) is 5.75 Å². The van der Waals surface area contributed by atoms with Crippen LogP contribution in [-0.2, 0) is 13.2 Å². The molecule has 0 aliphatic carbocycles. The van der Waals surface area contributed by atoms with E-state index in [2.05, 4.69) is 10.6 Å². The molecule has 7 heteroatoms. The van der Waals surface area contributed by atoms with Crippen LogP contribution < -0.4 is 21.1 Å². The molecule has 0 bridgehead atoms. The molecule has 3 aromatic rings. The Morgan fingerprint density at radius 3 is 2.31 bits per heavy atom. The third-order valence-electron chi connectivity index (χ3n) is 4.09. The summed E-state index contributed by atoms with van der Waals surface area (Å²) in [5.74, 6) is 0.0192. The van der Waals surface area contributed by atoms with Crippen LogP contribution in [0.3, 0.4) is 0 Å². The van der Waals surface area contributed by atoms with Gasteiger partial charge in [-0.25, -0.2) is 9.18 Å². The third kappa shape index (κ3) is 6.07. The first-order valence-corrected chi connectivity index (χ1v) is 8.90. The average molecular weight is 393 g/mol. The van der Waals surface area contributed by atoms with Gasteiger partial charge in [-0.1, -0.05) is 30.3 Å². The largest absolute Gasteiger partial charge is 0.489 e. The number of carbonyl (C=O) groups is 2. The standard InChI is InChI=1S/C22H20FN3O3/c23-18-10-6-16(7-11-18)14-29-20-3-1-2-19(12-20)26-21(27)17-8-4-15(5-9-17)13-25-22(24)28/h1-12H,13-14H2,(H,26,27)(H3,24,25,28). The summed E-state index contributed by atoms with van der Waals surface area (Å²) in [7, 11) is 0. The number of primary amides is 1. The van der Waals surface area contributed by atoms with E-state index in [0.29, 0.717) is 30.2 Å². The number of rotatable bonds is 7. The fraction of sp³-hybridized carbons (Fsp3) is 0.0909. The molecular formula is C22H20FN3O3. The van der Waals surface area contributed by atoms with Crippen molar-refractivity contribution < 1.29 is 18.7 Å². The number of nitrogens with two attached hydrogens (primary N) is 1. The maximum Gasteiger partial charge on any atom is 0.312 e. The Labute approximate surface area is 167 Å². The zero-order chi connectivity index (χ0) is 20.6. The first kappa shape index (κ1) is 19.9. The highest BCUT2D eigenvalue weighted by Gasteiger charge is 2.07. The van der Waals surface area contributed by atoms with Crippen molar-refractivity contribution in [2.45, 2.75) is 13.2 Å². The molecule has 0 aliphatic heterocycles. The molecule has 6 nitrogen and oxygen atoms in total. The molecule has 148 valence electrons. The van der Waals surface area contributed by atoms with E-state index in [1.165, 1.54) is 12.1 Å². The summed E-state index contributed by atoms with van der Waals surface area (Å²) in [4.78, 5) is 23.2. The van der Waals surface area contributed by atoms with Crippen molar-refractivity contribution in [1.82, 2.24) is 5.32 Å². The predicted molar refractivity (Wildman–Crippen MR) is 108 cm³/mol. The Hall–Kier alpha value is -3.87. The summed E-state index contributed by atoms with van der Waals surface area (Å²) in [5.41, 5.74) is 7.77. The maximum atomic E-state index is 13.0. The number of hydrogen-bond acceptors (Lipinski definition) is 3. The van der Waals surface area contributed by atoms with Gasteiger partial charge in [0.1, 0.15) is 18.2 Å². The quantitative estimate of drug-likeness (QED) is 0.570. The lowest BCUT2D eigenvalue weighted by Crippen LogP contribution is -2.28. The molecule has 0 aliphatic rings. The van der Waals surface area contributed by atoms with Crippen molar-refractivity contribution in [2.24, 2.45) is 5.73 Å². The average Bonchev–Trinajstić information content (AvgIpc) is 2.72. The second kappa shape index (κ2) is 9.36. The van der Waals surface area contributed by atoms with Gasteiger partial charge in [-0.05, 0) is 47.5 Å². The van der Waals surface area contributed by atoms with Crippen LogP contribution in [0.15, 0.2) is 72.8 Å². The minimum atomic E-state index is -0.603. The summed E-state index contributed by atoms with van der Waals surface area (Å²) in [5, 5.41) is 5.30. The zero-order valence-electron chi connectivity index (χ0n) is 15.5. The lowest BCUT2D eigenvalue weighted by Gasteiger charge is -2.10. The van der Waals surface area contributed by atoms with Gasteiger partial charge < -0.3 is 21.1 Å². The minimum Gasteiger partial charge on any atom is -0.489 e. The van der Waals surface area contributed by atoms with Crippen molar-refractivity contribution in [3.63, 3.8) is 0 Å². The van der Waals surface area contributed by atoms with Gasteiger partial charge in [-0.2, -0.15) is 0 Å². The lowest BCUT2D eigenvalue weighted by molar-refractivity contribution is 0.102. The molecule has 0 aromatic heterocycles. The second-order valence-electron chi connectivity index (χ2n) is 6.31. The molecule has 0 saturated heterocycles. The van der Waals surface area contributed by atoms with Gasteiger partial charge in [0.2, 0.25) is 0 Å². The Bertz CT molecular complexity index is 989. The van der Waals surface area contributed by atoms with Crippen LogP contribution >= 0.6 is 0 Å². The summed E-state index contributed by atoms with van der Waals surface area (Å²) in [6.07, 6.45) is 0. The third-order valence-corrected chi connectivity index (χ3v) is 4.09. The van der Waals surface area contributed by atoms with Crippen molar-refractivity contribution in [1.29, 1.82) is 0 Å². The van der Waals surface area contributed by atoms with Crippen LogP contribution in [0.25, 0.3) is 0 Å². The Morgan fingerprint density at radius 2 is 1.62 bits per heavy atom. The molecule has 0 spiro atoms. The number of amides is 3. The van der Waals surface area contributed by atoms with Gasteiger partial charge in [0.05, 0.1) is 0 Å². The van der Waals surface area contributed by atoms with E-state index < -0.39 is 6.03 Å². The van der Waals surface area contributed by atoms with Crippen LogP contribution in [-0.4, -0.2) is 11.9 Å². The van der Waals surface area contributed by atoms with Crippen molar-refractivity contribution in [2.75, 3.05) is 5.32 Å². The zero-order valence-corrected chi connectivity index (χ0v) is 15.5. The van der Waals surface area contributed by atoms with Crippen LogP contribution in [0.4, 0.5) is 14.9 Å². The topological polar surface area (TPSA) is 93.5 Å². The molecule has 0 atom stereocenters. The van der Waals surface area contributed by atoms with Crippen molar-refractivity contribution in [3.05, 3.63) is 95.3 Å². The Balaban J connectivity index is 1.58. The molecule has 0 heterocycles. The molecule has 29 heavy (non-hydrogen) atoms. The normalized spacial score (nSPS) is 10.2. The molecule has 0 unspecified atom stereocenters. The molecule has 0 fully saturated rings. The van der Waals surface area contributed by atoms with E-state index >= 15 is 0 Å². The number of ether oxygens (including phenoxy) is 1. The molecule has 3 rings (SSSR count). The maximum absolute atomic E-state index is 13.0. The minimum absolute atomic E-state index is 0.268. The number of hydrogen-bond donors (Lipinski definition) is 3. The van der Waals surface area contributed by atoms with E-state index in [0.717, 1.165) is 11.1 Å². The summed E-state index contributed by atoms with van der Waals surface area (Å²) in [6.45, 7) is 0.586. The van der Waals surface area contributed by atoms with E-state index in [4.69, 9.17) is 10.5 Å². The van der Waals surface area contributed by atoms with Crippen molar-refractivity contribution >= 4 is 17.6 Å². The highest BCUT2D eigenvalue weighted by molar-refractivity contribution is 6.04. The number of nitrogens with one attached hydrogen (secondary N) is 2. The van der Waals surface area contributed by atoms with Gasteiger partial charge in [-0.15, -0.1) is 0 Å². The number of carbonyl (C=O) groups excluding carboxylic acids is 2. The van der Waals surface area contributed by atoms with Crippen LogP contribution in [0.1, 0.15) is 21.5 Å². The van der Waals surface area contributed by atoms with E-state index in [-0.39, 0.29) is 11.7 Å². The Kier molecular flexibility index (Phi) is 6.42. The van der Waals surface area contributed by atoms with Gasteiger partial charge in [0, 0.05) is 23.9 Å². The smallest absolute Gasteiger partial charge is 0.312 e. The van der Waals surface area contributed by atoms with Crippen LogP contribution in [0.2, 0.25) is 0 Å². The van der Waals surface area contributed by atoms with Gasteiger partial charge in [0.15, 0.2) is 0 Å². The number of urea groups is 1. The van der Waals surface area contributed by atoms with Crippen LogP contribution in [0, 0.1) is 5.82 Å². The molecule has 3 aromatic carbocycles. The van der Waals surface area contributed by atoms with Gasteiger partial charge in [0.25, 0.3) is 5.91 Å². The monoisotopic (exact) mass is 393 g/mol. The molecule has 4 N–H and O–H groups in total. The lowest BCUT2D eigenvalue weighted by atomic mass is 10.1. The Morgan fingerprint density at radius 1 is 0.931 bits per heavy atom. The van der Waals surface area contributed by atoms with Crippen LogP contribution in [0.5, 0.6) is 5.75 Å². The summed E-state index contributed by atoms with van der Waals surface area (Å²) >= 11 is 0. The first-order chi connectivity index (χ1) is 14.0. The number of benzene rings is 3. The first-order valence-electron chi connectivity index (χ1n) is 8.90. The molecular weight excluding hydrogens is 373 g/mol. The fourth-order valence-corrected chi connectivity index (χ4v) is 2.58. The molecule has 3 amide bonds. The van der Waals surface area contributed by atoms with Gasteiger partial charge in [-0.3, -0.25) is 4.79 Å². The van der Waals surface area contributed by atoms with E-state index in [1.54, 1.807) is 60.7 Å². The highest BCUT2D eigenvalue weighted by Crippen LogP contribution is 2.19. The number of halogens is 1. The predicted octanol–water partition coefficient (Wildman–Crippen LogP) is 3.83. The van der Waals surface area contributed by atoms with Gasteiger partial charge >= 0.3 is 6.03 Å². The summed E-state index contributed by atoms with van der Waals surface area (Å²) in [6, 6.07) is 19.3. The number of anilines is 1. The summed E-state index contributed by atoms with van der Waals surface area (Å²) < 4.78 is 18.7. The molecule has 0 radical (unpaired) electrons. The van der Waals surface area contributed by atoms with E-state index in [1.807, 2.05) is 0 Å².